The van der Waals surface area contributed by atoms with Crippen molar-refractivity contribution in [3.05, 3.63) is 34.1 Å². The largest absolute Gasteiger partial charge is 0.383 e. The molecule has 0 amide bonds. The van der Waals surface area contributed by atoms with Gasteiger partial charge in [0.1, 0.15) is 5.82 Å². The van der Waals surface area contributed by atoms with Crippen molar-refractivity contribution in [3.8, 4) is 0 Å². The zero-order valence-corrected chi connectivity index (χ0v) is 11.2. The Kier molecular flexibility index (Phi) is 5.95. The Morgan fingerprint density at radius 2 is 2.25 bits per heavy atom. The van der Waals surface area contributed by atoms with Gasteiger partial charge in [0.2, 0.25) is 0 Å². The number of benzene rings is 1. The molecule has 0 spiro atoms. The van der Waals surface area contributed by atoms with Crippen LogP contribution in [0.15, 0.2) is 22.7 Å². The van der Waals surface area contributed by atoms with Crippen molar-refractivity contribution in [2.75, 3.05) is 20.8 Å². The molecule has 0 fully saturated rings. The first-order chi connectivity index (χ1) is 7.67. The molecular formula is C12H17BrFNO. The molecule has 90 valence electrons. The average Bonchev–Trinajstić information content (AvgIpc) is 2.28. The number of rotatable bonds is 6. The van der Waals surface area contributed by atoms with Crippen LogP contribution >= 0.6 is 15.9 Å². The van der Waals surface area contributed by atoms with E-state index in [1.807, 2.05) is 7.05 Å². The van der Waals surface area contributed by atoms with E-state index in [9.17, 15) is 4.39 Å². The lowest BCUT2D eigenvalue weighted by molar-refractivity contribution is 0.166. The number of hydrogen-bond donors (Lipinski definition) is 1. The van der Waals surface area contributed by atoms with Gasteiger partial charge in [-0.25, -0.2) is 4.39 Å². The first-order valence-corrected chi connectivity index (χ1v) is 6.06. The maximum absolute atomic E-state index is 13.0. The van der Waals surface area contributed by atoms with Gasteiger partial charge in [-0.3, -0.25) is 0 Å². The molecule has 1 N–H and O–H groups in total. The van der Waals surface area contributed by atoms with E-state index in [0.29, 0.717) is 12.6 Å². The van der Waals surface area contributed by atoms with Crippen molar-refractivity contribution in [2.45, 2.75) is 18.9 Å². The van der Waals surface area contributed by atoms with Gasteiger partial charge in [-0.1, -0.05) is 15.9 Å². The third-order valence-electron chi connectivity index (χ3n) is 2.55. The summed E-state index contributed by atoms with van der Waals surface area (Å²) in [6.07, 6.45) is 1.75. The summed E-state index contributed by atoms with van der Waals surface area (Å²) >= 11 is 3.42. The highest BCUT2D eigenvalue weighted by Crippen LogP contribution is 2.19. The lowest BCUT2D eigenvalue weighted by Gasteiger charge is -2.15. The van der Waals surface area contributed by atoms with E-state index in [2.05, 4.69) is 21.2 Å². The molecule has 0 aliphatic carbocycles. The summed E-state index contributed by atoms with van der Waals surface area (Å²) in [5.74, 6) is -0.189. The van der Waals surface area contributed by atoms with Gasteiger partial charge >= 0.3 is 0 Å². The Labute approximate surface area is 104 Å². The molecule has 0 radical (unpaired) electrons. The van der Waals surface area contributed by atoms with E-state index < -0.39 is 0 Å². The van der Waals surface area contributed by atoms with Crippen LogP contribution in [0.4, 0.5) is 4.39 Å². The van der Waals surface area contributed by atoms with E-state index in [0.717, 1.165) is 22.9 Å². The molecule has 0 heterocycles. The average molecular weight is 290 g/mol. The van der Waals surface area contributed by atoms with Crippen LogP contribution in [0, 0.1) is 5.82 Å². The molecule has 0 aliphatic rings. The molecule has 0 bridgehead atoms. The molecule has 1 rings (SSSR count). The second-order valence-corrected chi connectivity index (χ2v) is 4.57. The predicted molar refractivity (Wildman–Crippen MR) is 67.1 cm³/mol. The minimum atomic E-state index is -0.189. The molecule has 0 aromatic heterocycles. The highest BCUT2D eigenvalue weighted by molar-refractivity contribution is 9.10. The molecule has 1 atom stereocenters. The van der Waals surface area contributed by atoms with Crippen molar-refractivity contribution in [1.29, 1.82) is 0 Å². The van der Waals surface area contributed by atoms with Gasteiger partial charge in [-0.15, -0.1) is 0 Å². The number of nitrogens with one attached hydrogen (secondary N) is 1. The number of halogens is 2. The molecule has 0 saturated heterocycles. The van der Waals surface area contributed by atoms with Gasteiger partial charge in [0.25, 0.3) is 0 Å². The van der Waals surface area contributed by atoms with Gasteiger partial charge in [0.15, 0.2) is 0 Å². The van der Waals surface area contributed by atoms with Gasteiger partial charge in [0, 0.05) is 17.6 Å². The Bertz CT molecular complexity index is 333. The van der Waals surface area contributed by atoms with E-state index in [1.54, 1.807) is 19.2 Å². The summed E-state index contributed by atoms with van der Waals surface area (Å²) in [5.41, 5.74) is 0.997. The zero-order chi connectivity index (χ0) is 12.0. The Hall–Kier alpha value is -0.450. The predicted octanol–water partition coefficient (Wildman–Crippen LogP) is 2.76. The zero-order valence-electron chi connectivity index (χ0n) is 9.59. The molecule has 16 heavy (non-hydrogen) atoms. The van der Waals surface area contributed by atoms with Gasteiger partial charge in [0.05, 0.1) is 6.61 Å². The van der Waals surface area contributed by atoms with Crippen molar-refractivity contribution in [2.24, 2.45) is 0 Å². The van der Waals surface area contributed by atoms with Crippen LogP contribution in [0.5, 0.6) is 0 Å². The van der Waals surface area contributed by atoms with E-state index >= 15 is 0 Å². The summed E-state index contributed by atoms with van der Waals surface area (Å²) in [4.78, 5) is 0. The lowest BCUT2D eigenvalue weighted by Crippen LogP contribution is -2.30. The van der Waals surface area contributed by atoms with Crippen LogP contribution in [0.1, 0.15) is 12.0 Å². The topological polar surface area (TPSA) is 21.3 Å². The fraction of sp³-hybridized carbons (Fsp3) is 0.500. The van der Waals surface area contributed by atoms with Gasteiger partial charge < -0.3 is 10.1 Å². The number of methoxy groups -OCH3 is 1. The first-order valence-electron chi connectivity index (χ1n) is 5.27. The van der Waals surface area contributed by atoms with Crippen LogP contribution in [-0.2, 0) is 11.2 Å². The van der Waals surface area contributed by atoms with Gasteiger partial charge in [-0.05, 0) is 43.7 Å². The van der Waals surface area contributed by atoms with E-state index in [4.69, 9.17) is 4.74 Å². The minimum absolute atomic E-state index is 0.189. The Balaban J connectivity index is 2.55. The molecule has 0 saturated carbocycles. The van der Waals surface area contributed by atoms with Gasteiger partial charge in [-0.2, -0.15) is 0 Å². The molecule has 1 aromatic rings. The minimum Gasteiger partial charge on any atom is -0.383 e. The van der Waals surface area contributed by atoms with Crippen molar-refractivity contribution in [1.82, 2.24) is 5.32 Å². The summed E-state index contributed by atoms with van der Waals surface area (Å²) in [7, 11) is 3.59. The number of ether oxygens (including phenoxy) is 1. The van der Waals surface area contributed by atoms with E-state index in [1.165, 1.54) is 6.07 Å². The highest BCUT2D eigenvalue weighted by atomic mass is 79.9. The second-order valence-electron chi connectivity index (χ2n) is 3.72. The SMILES string of the molecule is CNC(CCc1cc(F)ccc1Br)COC. The van der Waals surface area contributed by atoms with Crippen LogP contribution in [0.3, 0.4) is 0 Å². The first kappa shape index (κ1) is 13.6. The Morgan fingerprint density at radius 3 is 2.88 bits per heavy atom. The molecule has 4 heteroatoms. The fourth-order valence-electron chi connectivity index (χ4n) is 1.58. The van der Waals surface area contributed by atoms with Crippen molar-refractivity contribution < 1.29 is 9.13 Å². The molecule has 1 aromatic carbocycles. The third kappa shape index (κ3) is 4.20. The third-order valence-corrected chi connectivity index (χ3v) is 3.32. The van der Waals surface area contributed by atoms with E-state index in [-0.39, 0.29) is 5.82 Å². The fourth-order valence-corrected chi connectivity index (χ4v) is 2.02. The quantitative estimate of drug-likeness (QED) is 0.870. The standard InChI is InChI=1S/C12H17BrFNO/c1-15-11(8-16-2)5-3-9-7-10(14)4-6-12(9)13/h4,6-7,11,15H,3,5,8H2,1-2H3. The number of hydrogen-bond acceptors (Lipinski definition) is 2. The summed E-state index contributed by atoms with van der Waals surface area (Å²) < 4.78 is 19.1. The number of aryl methyl sites for hydroxylation is 1. The van der Waals surface area contributed by atoms with Crippen LogP contribution in [-0.4, -0.2) is 26.8 Å². The molecular weight excluding hydrogens is 273 g/mol. The lowest BCUT2D eigenvalue weighted by atomic mass is 10.1. The van der Waals surface area contributed by atoms with Crippen LogP contribution in [0.25, 0.3) is 0 Å². The van der Waals surface area contributed by atoms with Crippen molar-refractivity contribution in [3.63, 3.8) is 0 Å². The monoisotopic (exact) mass is 289 g/mol. The van der Waals surface area contributed by atoms with Crippen LogP contribution in [0.2, 0.25) is 0 Å². The highest BCUT2D eigenvalue weighted by Gasteiger charge is 2.08. The Morgan fingerprint density at radius 1 is 1.50 bits per heavy atom. The molecule has 2 nitrogen and oxygen atoms in total. The summed E-state index contributed by atoms with van der Waals surface area (Å²) in [5, 5.41) is 3.17. The summed E-state index contributed by atoms with van der Waals surface area (Å²) in [6, 6.07) is 5.08. The van der Waals surface area contributed by atoms with Crippen molar-refractivity contribution >= 4 is 15.9 Å². The van der Waals surface area contributed by atoms with Crippen LogP contribution < -0.4 is 5.32 Å². The maximum atomic E-state index is 13.0. The second kappa shape index (κ2) is 6.99. The smallest absolute Gasteiger partial charge is 0.123 e. The normalized spacial score (nSPS) is 12.8. The summed E-state index contributed by atoms with van der Waals surface area (Å²) in [6.45, 7) is 0.670. The maximum Gasteiger partial charge on any atom is 0.123 e. The number of likely N-dealkylation sites (N-methyl/N-ethyl adjacent to an activating group) is 1. The molecule has 0 aliphatic heterocycles. The molecule has 1 unspecified atom stereocenters.